The number of aromatic nitrogens is 1. The normalized spacial score (nSPS) is 10.2. The van der Waals surface area contributed by atoms with Gasteiger partial charge in [-0.05, 0) is 34.1 Å². The standard InChI is InChI=1S/C11H8BrNO3S/c12-7-4-8(17-6-7)5-16-9-2-1-3-13-10(9)11(14)15/h1-4,6H,5H2,(H,14,15). The first-order valence-corrected chi connectivity index (χ1v) is 6.38. The Labute approximate surface area is 110 Å². The van der Waals surface area contributed by atoms with Crippen molar-refractivity contribution in [1.29, 1.82) is 0 Å². The predicted octanol–water partition coefficient (Wildman–Crippen LogP) is 3.18. The van der Waals surface area contributed by atoms with Crippen LogP contribution in [0.3, 0.4) is 0 Å². The third-order valence-electron chi connectivity index (χ3n) is 1.96. The van der Waals surface area contributed by atoms with Crippen LogP contribution in [0.4, 0.5) is 0 Å². The second-order valence-corrected chi connectivity index (χ2v) is 5.09. The van der Waals surface area contributed by atoms with E-state index in [1.165, 1.54) is 6.20 Å². The van der Waals surface area contributed by atoms with E-state index in [4.69, 9.17) is 9.84 Å². The van der Waals surface area contributed by atoms with E-state index in [9.17, 15) is 4.79 Å². The number of halogens is 1. The minimum absolute atomic E-state index is 0.0666. The Morgan fingerprint density at radius 1 is 1.59 bits per heavy atom. The molecule has 2 rings (SSSR count). The van der Waals surface area contributed by atoms with E-state index < -0.39 is 5.97 Å². The molecule has 0 radical (unpaired) electrons. The van der Waals surface area contributed by atoms with Crippen LogP contribution in [0.2, 0.25) is 0 Å². The van der Waals surface area contributed by atoms with Gasteiger partial charge in [-0.3, -0.25) is 0 Å². The number of nitrogens with zero attached hydrogens (tertiary/aromatic N) is 1. The van der Waals surface area contributed by atoms with Crippen LogP contribution in [-0.4, -0.2) is 16.1 Å². The largest absolute Gasteiger partial charge is 0.486 e. The molecule has 0 unspecified atom stereocenters. The Balaban J connectivity index is 2.11. The highest BCUT2D eigenvalue weighted by molar-refractivity contribution is 9.10. The molecule has 88 valence electrons. The molecule has 0 aliphatic carbocycles. The molecule has 2 aromatic heterocycles. The van der Waals surface area contributed by atoms with Crippen molar-refractivity contribution in [2.45, 2.75) is 6.61 Å². The first-order valence-electron chi connectivity index (χ1n) is 4.71. The number of hydrogen-bond acceptors (Lipinski definition) is 4. The number of carbonyl (C=O) groups is 1. The van der Waals surface area contributed by atoms with Crippen LogP contribution in [-0.2, 0) is 6.61 Å². The maximum Gasteiger partial charge on any atom is 0.358 e. The maximum atomic E-state index is 10.9. The molecule has 0 amide bonds. The molecule has 0 saturated carbocycles. The van der Waals surface area contributed by atoms with Crippen LogP contribution in [0.5, 0.6) is 5.75 Å². The van der Waals surface area contributed by atoms with Gasteiger partial charge in [0.1, 0.15) is 6.61 Å². The molecule has 0 fully saturated rings. The molecular weight excluding hydrogens is 306 g/mol. The van der Waals surface area contributed by atoms with Crippen molar-refractivity contribution >= 4 is 33.2 Å². The highest BCUT2D eigenvalue weighted by atomic mass is 79.9. The van der Waals surface area contributed by atoms with Crippen LogP contribution < -0.4 is 4.74 Å². The Morgan fingerprint density at radius 2 is 2.41 bits per heavy atom. The molecule has 6 heteroatoms. The number of thiophene rings is 1. The Bertz CT molecular complexity index is 541. The van der Waals surface area contributed by atoms with Crippen LogP contribution in [0.15, 0.2) is 34.2 Å². The number of ether oxygens (including phenoxy) is 1. The van der Waals surface area contributed by atoms with Crippen molar-refractivity contribution in [3.8, 4) is 5.75 Å². The average molecular weight is 314 g/mol. The van der Waals surface area contributed by atoms with Gasteiger partial charge in [0.2, 0.25) is 0 Å². The molecule has 0 bridgehead atoms. The number of rotatable bonds is 4. The van der Waals surface area contributed by atoms with Gasteiger partial charge >= 0.3 is 5.97 Å². The van der Waals surface area contributed by atoms with Gasteiger partial charge in [0.25, 0.3) is 0 Å². The zero-order valence-corrected chi connectivity index (χ0v) is 11.0. The van der Waals surface area contributed by atoms with Crippen molar-refractivity contribution in [1.82, 2.24) is 4.98 Å². The first kappa shape index (κ1) is 12.1. The van der Waals surface area contributed by atoms with Gasteiger partial charge in [-0.15, -0.1) is 11.3 Å². The summed E-state index contributed by atoms with van der Waals surface area (Å²) in [6, 6.07) is 5.17. The highest BCUT2D eigenvalue weighted by Crippen LogP contribution is 2.22. The second-order valence-electron chi connectivity index (χ2n) is 3.18. The lowest BCUT2D eigenvalue weighted by Crippen LogP contribution is -2.04. The Kier molecular flexibility index (Phi) is 3.75. The van der Waals surface area contributed by atoms with Crippen LogP contribution in [0.1, 0.15) is 15.4 Å². The average Bonchev–Trinajstić information content (AvgIpc) is 2.73. The summed E-state index contributed by atoms with van der Waals surface area (Å²) in [5.41, 5.74) is -0.0666. The molecule has 17 heavy (non-hydrogen) atoms. The SMILES string of the molecule is O=C(O)c1ncccc1OCc1cc(Br)cs1. The molecule has 4 nitrogen and oxygen atoms in total. The number of aromatic carboxylic acids is 1. The van der Waals surface area contributed by atoms with Crippen molar-refractivity contribution in [2.24, 2.45) is 0 Å². The van der Waals surface area contributed by atoms with Crippen LogP contribution in [0, 0.1) is 0 Å². The van der Waals surface area contributed by atoms with E-state index >= 15 is 0 Å². The van der Waals surface area contributed by atoms with E-state index in [1.54, 1.807) is 23.5 Å². The highest BCUT2D eigenvalue weighted by Gasteiger charge is 2.12. The summed E-state index contributed by atoms with van der Waals surface area (Å²) >= 11 is 4.89. The summed E-state index contributed by atoms with van der Waals surface area (Å²) in [7, 11) is 0. The fourth-order valence-electron chi connectivity index (χ4n) is 1.25. The van der Waals surface area contributed by atoms with Gasteiger partial charge in [-0.2, -0.15) is 0 Å². The van der Waals surface area contributed by atoms with E-state index in [0.29, 0.717) is 6.61 Å². The molecule has 1 N–H and O–H groups in total. The van der Waals surface area contributed by atoms with Crippen molar-refractivity contribution < 1.29 is 14.6 Å². The monoisotopic (exact) mass is 313 g/mol. The number of pyridine rings is 1. The van der Waals surface area contributed by atoms with Gasteiger partial charge in [-0.1, -0.05) is 0 Å². The number of carboxylic acid groups (broad SMARTS) is 1. The van der Waals surface area contributed by atoms with Gasteiger partial charge in [0.15, 0.2) is 11.4 Å². The number of hydrogen-bond donors (Lipinski definition) is 1. The van der Waals surface area contributed by atoms with Gasteiger partial charge in [0, 0.05) is 20.9 Å². The van der Waals surface area contributed by atoms with E-state index in [-0.39, 0.29) is 11.4 Å². The molecule has 0 aliphatic rings. The summed E-state index contributed by atoms with van der Waals surface area (Å²) in [5.74, 6) is -0.808. The zero-order valence-electron chi connectivity index (χ0n) is 8.59. The van der Waals surface area contributed by atoms with Crippen molar-refractivity contribution in [2.75, 3.05) is 0 Å². The minimum Gasteiger partial charge on any atom is -0.486 e. The molecular formula is C11H8BrNO3S. The lowest BCUT2D eigenvalue weighted by molar-refractivity contribution is 0.0685. The molecule has 0 aliphatic heterocycles. The Morgan fingerprint density at radius 3 is 3.06 bits per heavy atom. The zero-order chi connectivity index (χ0) is 12.3. The quantitative estimate of drug-likeness (QED) is 0.941. The second kappa shape index (κ2) is 5.29. The molecule has 0 saturated heterocycles. The van der Waals surface area contributed by atoms with E-state index in [0.717, 1.165) is 9.35 Å². The van der Waals surface area contributed by atoms with E-state index in [2.05, 4.69) is 20.9 Å². The third kappa shape index (κ3) is 3.04. The van der Waals surface area contributed by atoms with E-state index in [1.807, 2.05) is 11.4 Å². The van der Waals surface area contributed by atoms with Gasteiger partial charge in [0.05, 0.1) is 0 Å². The van der Waals surface area contributed by atoms with Crippen molar-refractivity contribution in [3.63, 3.8) is 0 Å². The fraction of sp³-hybridized carbons (Fsp3) is 0.0909. The van der Waals surface area contributed by atoms with Crippen LogP contribution >= 0.6 is 27.3 Å². The van der Waals surface area contributed by atoms with Crippen LogP contribution in [0.25, 0.3) is 0 Å². The smallest absolute Gasteiger partial charge is 0.358 e. The first-order chi connectivity index (χ1) is 8.16. The lowest BCUT2D eigenvalue weighted by atomic mass is 10.3. The molecule has 0 spiro atoms. The summed E-state index contributed by atoms with van der Waals surface area (Å²) in [4.78, 5) is 15.7. The third-order valence-corrected chi connectivity index (χ3v) is 3.64. The lowest BCUT2D eigenvalue weighted by Gasteiger charge is -2.06. The summed E-state index contributed by atoms with van der Waals surface area (Å²) in [6.07, 6.45) is 1.43. The maximum absolute atomic E-state index is 10.9. The summed E-state index contributed by atoms with van der Waals surface area (Å²) < 4.78 is 6.44. The fourth-order valence-corrected chi connectivity index (χ4v) is 2.61. The predicted molar refractivity (Wildman–Crippen MR) is 67.5 cm³/mol. The summed E-state index contributed by atoms with van der Waals surface area (Å²) in [5, 5.41) is 10.9. The molecule has 2 heterocycles. The topological polar surface area (TPSA) is 59.4 Å². The van der Waals surface area contributed by atoms with Gasteiger partial charge in [-0.25, -0.2) is 9.78 Å². The van der Waals surface area contributed by atoms with Gasteiger partial charge < -0.3 is 9.84 Å². The summed E-state index contributed by atoms with van der Waals surface area (Å²) in [6.45, 7) is 0.336. The number of carboxylic acids is 1. The van der Waals surface area contributed by atoms with Crippen molar-refractivity contribution in [3.05, 3.63) is 44.8 Å². The Hall–Kier alpha value is -1.40. The molecule has 0 aromatic carbocycles. The molecule has 0 atom stereocenters. The minimum atomic E-state index is -1.09. The molecule has 2 aromatic rings.